The fourth-order valence-electron chi connectivity index (χ4n) is 2.48. The molecule has 0 aliphatic carbocycles. The Kier molecular flexibility index (Phi) is 5.16. The van der Waals surface area contributed by atoms with Crippen LogP contribution in [0.3, 0.4) is 0 Å². The molecule has 2 unspecified atom stereocenters. The molecule has 0 spiro atoms. The van der Waals surface area contributed by atoms with Crippen LogP contribution in [-0.4, -0.2) is 18.8 Å². The van der Waals surface area contributed by atoms with E-state index in [1.54, 1.807) is 0 Å². The smallest absolute Gasteiger partial charge is 0.0479 e. The van der Waals surface area contributed by atoms with Gasteiger partial charge in [-0.3, -0.25) is 0 Å². The van der Waals surface area contributed by atoms with Gasteiger partial charge in [0.2, 0.25) is 0 Å². The number of aliphatic hydroxyl groups is 1. The summed E-state index contributed by atoms with van der Waals surface area (Å²) >= 11 is 0. The van der Waals surface area contributed by atoms with E-state index < -0.39 is 0 Å². The second-order valence-corrected chi connectivity index (χ2v) is 5.22. The van der Waals surface area contributed by atoms with E-state index in [0.717, 1.165) is 0 Å². The number of nitrogens with one attached hydrogen (secondary N) is 1. The quantitative estimate of drug-likeness (QED) is 0.822. The minimum Gasteiger partial charge on any atom is -0.396 e. The Balaban J connectivity index is 3.08. The maximum Gasteiger partial charge on any atom is 0.0479 e. The number of aliphatic hydroxyl groups excluding tert-OH is 1. The van der Waals surface area contributed by atoms with E-state index in [4.69, 9.17) is 0 Å². The monoisotopic (exact) mass is 235 g/mol. The second-order valence-electron chi connectivity index (χ2n) is 5.22. The van der Waals surface area contributed by atoms with E-state index in [0.29, 0.717) is 5.92 Å². The van der Waals surface area contributed by atoms with Crippen LogP contribution >= 0.6 is 0 Å². The zero-order valence-corrected chi connectivity index (χ0v) is 11.6. The lowest BCUT2D eigenvalue weighted by molar-refractivity contribution is 0.154. The summed E-state index contributed by atoms with van der Waals surface area (Å²) in [4.78, 5) is 0. The highest BCUT2D eigenvalue weighted by Gasteiger charge is 2.25. The highest BCUT2D eigenvalue weighted by atomic mass is 16.3. The molecule has 0 radical (unpaired) electrons. The van der Waals surface area contributed by atoms with Crippen LogP contribution in [0.15, 0.2) is 18.2 Å². The normalized spacial score (nSPS) is 15.0. The molecule has 0 saturated heterocycles. The first-order valence-corrected chi connectivity index (χ1v) is 6.36. The van der Waals surface area contributed by atoms with Crippen LogP contribution in [0.1, 0.15) is 36.6 Å². The maximum absolute atomic E-state index is 9.56. The van der Waals surface area contributed by atoms with Crippen LogP contribution in [0.2, 0.25) is 0 Å². The van der Waals surface area contributed by atoms with Crippen molar-refractivity contribution in [1.29, 1.82) is 0 Å². The van der Waals surface area contributed by atoms with Crippen molar-refractivity contribution < 1.29 is 5.11 Å². The van der Waals surface area contributed by atoms with Crippen molar-refractivity contribution in [2.45, 2.75) is 33.7 Å². The fraction of sp³-hybridized carbons (Fsp3) is 0.600. The van der Waals surface area contributed by atoms with Gasteiger partial charge in [0.05, 0.1) is 0 Å². The Bertz CT molecular complexity index is 360. The summed E-state index contributed by atoms with van der Waals surface area (Å²) in [5, 5.41) is 12.9. The fourth-order valence-corrected chi connectivity index (χ4v) is 2.48. The van der Waals surface area contributed by atoms with E-state index in [1.165, 1.54) is 16.7 Å². The third-order valence-corrected chi connectivity index (χ3v) is 3.57. The molecule has 2 N–H and O–H groups in total. The third kappa shape index (κ3) is 3.30. The van der Waals surface area contributed by atoms with E-state index in [9.17, 15) is 5.11 Å². The average Bonchev–Trinajstić information content (AvgIpc) is 2.26. The van der Waals surface area contributed by atoms with E-state index in [2.05, 4.69) is 51.2 Å². The van der Waals surface area contributed by atoms with E-state index >= 15 is 0 Å². The first-order chi connectivity index (χ1) is 8.01. The first-order valence-electron chi connectivity index (χ1n) is 6.36. The Morgan fingerprint density at radius 1 is 1.24 bits per heavy atom. The van der Waals surface area contributed by atoms with Gasteiger partial charge in [0.15, 0.2) is 0 Å². The van der Waals surface area contributed by atoms with Crippen molar-refractivity contribution in [3.63, 3.8) is 0 Å². The molecular weight excluding hydrogens is 210 g/mol. The number of rotatable bonds is 5. The molecule has 1 aromatic rings. The molecule has 0 amide bonds. The van der Waals surface area contributed by atoms with Gasteiger partial charge in [-0.05, 0) is 37.9 Å². The largest absolute Gasteiger partial charge is 0.396 e. The number of benzene rings is 1. The number of aryl methyl sites for hydroxylation is 2. The molecule has 2 atom stereocenters. The lowest BCUT2D eigenvalue weighted by atomic mass is 9.83. The van der Waals surface area contributed by atoms with Gasteiger partial charge < -0.3 is 10.4 Å². The van der Waals surface area contributed by atoms with E-state index in [-0.39, 0.29) is 18.6 Å². The molecule has 17 heavy (non-hydrogen) atoms. The second kappa shape index (κ2) is 6.18. The Morgan fingerprint density at radius 3 is 2.29 bits per heavy atom. The van der Waals surface area contributed by atoms with Crippen molar-refractivity contribution >= 4 is 0 Å². The molecule has 0 fully saturated rings. The van der Waals surface area contributed by atoms with Crippen molar-refractivity contribution in [1.82, 2.24) is 5.32 Å². The lowest BCUT2D eigenvalue weighted by Crippen LogP contribution is -2.31. The summed E-state index contributed by atoms with van der Waals surface area (Å²) in [7, 11) is 1.97. The van der Waals surface area contributed by atoms with Gasteiger partial charge in [-0.15, -0.1) is 0 Å². The molecule has 0 aliphatic rings. The van der Waals surface area contributed by atoms with Crippen molar-refractivity contribution in [2.75, 3.05) is 13.7 Å². The molecule has 0 aromatic heterocycles. The molecular formula is C15H25NO. The van der Waals surface area contributed by atoms with Crippen LogP contribution in [0, 0.1) is 25.7 Å². The molecule has 0 bridgehead atoms. The Labute approximate surface area is 105 Å². The Hall–Kier alpha value is -0.860. The summed E-state index contributed by atoms with van der Waals surface area (Å²) in [5.74, 6) is 0.708. The molecule has 2 nitrogen and oxygen atoms in total. The summed E-state index contributed by atoms with van der Waals surface area (Å²) in [6, 6.07) is 6.74. The molecule has 1 rings (SSSR count). The minimum atomic E-state index is 0.219. The van der Waals surface area contributed by atoms with Crippen LogP contribution in [0.4, 0.5) is 0 Å². The SMILES string of the molecule is CNC(c1ccc(C)cc1C)C(CO)C(C)C. The zero-order chi connectivity index (χ0) is 13.0. The van der Waals surface area contributed by atoms with Gasteiger partial charge in [0, 0.05) is 18.6 Å². The van der Waals surface area contributed by atoms with Gasteiger partial charge in [-0.1, -0.05) is 37.6 Å². The zero-order valence-electron chi connectivity index (χ0n) is 11.6. The highest BCUT2D eigenvalue weighted by Crippen LogP contribution is 2.29. The van der Waals surface area contributed by atoms with Gasteiger partial charge in [-0.2, -0.15) is 0 Å². The standard InChI is InChI=1S/C15H25NO/c1-10(2)14(9-17)15(16-5)13-7-6-11(3)8-12(13)4/h6-8,10,14-17H,9H2,1-5H3. The molecule has 0 saturated carbocycles. The first kappa shape index (κ1) is 14.2. The average molecular weight is 235 g/mol. The maximum atomic E-state index is 9.56. The van der Waals surface area contributed by atoms with Crippen LogP contribution in [0.5, 0.6) is 0 Å². The number of hydrogen-bond donors (Lipinski definition) is 2. The van der Waals surface area contributed by atoms with Gasteiger partial charge >= 0.3 is 0 Å². The van der Waals surface area contributed by atoms with Crippen LogP contribution < -0.4 is 5.32 Å². The topological polar surface area (TPSA) is 32.3 Å². The summed E-state index contributed by atoms with van der Waals surface area (Å²) in [5.41, 5.74) is 3.88. The van der Waals surface area contributed by atoms with Crippen molar-refractivity contribution in [3.8, 4) is 0 Å². The third-order valence-electron chi connectivity index (χ3n) is 3.57. The predicted octanol–water partition coefficient (Wildman–Crippen LogP) is 2.83. The van der Waals surface area contributed by atoms with Crippen molar-refractivity contribution in [3.05, 3.63) is 34.9 Å². The minimum absolute atomic E-state index is 0.219. The summed E-state index contributed by atoms with van der Waals surface area (Å²) in [6.45, 7) is 8.79. The summed E-state index contributed by atoms with van der Waals surface area (Å²) in [6.07, 6.45) is 0. The molecule has 1 aromatic carbocycles. The van der Waals surface area contributed by atoms with Crippen molar-refractivity contribution in [2.24, 2.45) is 11.8 Å². The molecule has 96 valence electrons. The molecule has 0 aliphatic heterocycles. The van der Waals surface area contributed by atoms with Gasteiger partial charge in [0.25, 0.3) is 0 Å². The Morgan fingerprint density at radius 2 is 1.88 bits per heavy atom. The van der Waals surface area contributed by atoms with Gasteiger partial charge in [-0.25, -0.2) is 0 Å². The van der Waals surface area contributed by atoms with Crippen LogP contribution in [0.25, 0.3) is 0 Å². The molecule has 0 heterocycles. The molecule has 2 heteroatoms. The summed E-state index contributed by atoms with van der Waals surface area (Å²) < 4.78 is 0. The highest BCUT2D eigenvalue weighted by molar-refractivity contribution is 5.33. The lowest BCUT2D eigenvalue weighted by Gasteiger charge is -2.30. The van der Waals surface area contributed by atoms with Crippen LogP contribution in [-0.2, 0) is 0 Å². The predicted molar refractivity (Wildman–Crippen MR) is 73.1 cm³/mol. The van der Waals surface area contributed by atoms with E-state index in [1.807, 2.05) is 7.05 Å². The number of hydrogen-bond acceptors (Lipinski definition) is 2. The van der Waals surface area contributed by atoms with Gasteiger partial charge in [0.1, 0.15) is 0 Å².